The molecule has 0 bridgehead atoms. The molecule has 0 atom stereocenters. The molecule has 7 nitrogen and oxygen atoms in total. The van der Waals surface area contributed by atoms with Crippen molar-refractivity contribution in [3.8, 4) is 0 Å². The van der Waals surface area contributed by atoms with E-state index in [1.54, 1.807) is 24.0 Å². The van der Waals surface area contributed by atoms with Crippen LogP contribution in [0.3, 0.4) is 0 Å². The van der Waals surface area contributed by atoms with Crippen molar-refractivity contribution < 1.29 is 14.7 Å². The van der Waals surface area contributed by atoms with Crippen LogP contribution in [0.25, 0.3) is 0 Å². The molecule has 2 N–H and O–H groups in total. The third-order valence-corrected chi connectivity index (χ3v) is 3.81. The summed E-state index contributed by atoms with van der Waals surface area (Å²) in [5, 5.41) is 12.5. The van der Waals surface area contributed by atoms with E-state index in [4.69, 9.17) is 0 Å². The highest BCUT2D eigenvalue weighted by Crippen LogP contribution is 2.20. The lowest BCUT2D eigenvalue weighted by atomic mass is 10.0. The number of carboxylic acids is 1. The number of aromatic carboxylic acids is 1. The number of rotatable bonds is 4. The SMILES string of the molecule is CC(=O)N1CCC(Nc2cc(C(=O)O)cc(N(C)C)n2)CC1. The van der Waals surface area contributed by atoms with Crippen LogP contribution in [0.4, 0.5) is 11.6 Å². The lowest BCUT2D eigenvalue weighted by Crippen LogP contribution is -2.41. The number of nitrogens with one attached hydrogen (secondary N) is 1. The summed E-state index contributed by atoms with van der Waals surface area (Å²) in [6, 6.07) is 3.29. The summed E-state index contributed by atoms with van der Waals surface area (Å²) >= 11 is 0. The minimum Gasteiger partial charge on any atom is -0.478 e. The maximum absolute atomic E-state index is 11.3. The van der Waals surface area contributed by atoms with Gasteiger partial charge in [0.1, 0.15) is 11.6 Å². The summed E-state index contributed by atoms with van der Waals surface area (Å²) in [5.74, 6) is 0.285. The zero-order valence-electron chi connectivity index (χ0n) is 13.2. The smallest absolute Gasteiger partial charge is 0.335 e. The standard InChI is InChI=1S/C15H22N4O3/c1-10(20)19-6-4-12(5-7-19)16-13-8-11(15(21)22)9-14(17-13)18(2)3/h8-9,12H,4-7H2,1-3H3,(H,16,17)(H,21,22). The van der Waals surface area contributed by atoms with E-state index in [9.17, 15) is 14.7 Å². The van der Waals surface area contributed by atoms with E-state index in [0.29, 0.717) is 24.7 Å². The van der Waals surface area contributed by atoms with Gasteiger partial charge in [0.15, 0.2) is 0 Å². The van der Waals surface area contributed by atoms with Crippen molar-refractivity contribution in [1.29, 1.82) is 0 Å². The molecule has 2 heterocycles. The zero-order valence-corrected chi connectivity index (χ0v) is 13.2. The number of aromatic nitrogens is 1. The molecule has 1 aliphatic heterocycles. The van der Waals surface area contributed by atoms with Crippen molar-refractivity contribution in [2.75, 3.05) is 37.4 Å². The Labute approximate surface area is 129 Å². The maximum atomic E-state index is 11.3. The van der Waals surface area contributed by atoms with E-state index >= 15 is 0 Å². The van der Waals surface area contributed by atoms with Gasteiger partial charge in [-0.05, 0) is 25.0 Å². The summed E-state index contributed by atoms with van der Waals surface area (Å²) in [5.41, 5.74) is 0.211. The molecule has 0 aromatic carbocycles. The molecule has 1 amide bonds. The van der Waals surface area contributed by atoms with Gasteiger partial charge in [0.05, 0.1) is 5.56 Å². The largest absolute Gasteiger partial charge is 0.478 e. The van der Waals surface area contributed by atoms with Crippen molar-refractivity contribution in [3.63, 3.8) is 0 Å². The Hall–Kier alpha value is -2.31. The first-order valence-corrected chi connectivity index (χ1v) is 7.31. The predicted molar refractivity (Wildman–Crippen MR) is 84.4 cm³/mol. The number of nitrogens with zero attached hydrogens (tertiary/aromatic N) is 3. The van der Waals surface area contributed by atoms with Crippen molar-refractivity contribution in [2.24, 2.45) is 0 Å². The van der Waals surface area contributed by atoms with Gasteiger partial charge in [-0.15, -0.1) is 0 Å². The van der Waals surface area contributed by atoms with Gasteiger partial charge in [-0.2, -0.15) is 0 Å². The highest BCUT2D eigenvalue weighted by atomic mass is 16.4. The van der Waals surface area contributed by atoms with Crippen LogP contribution in [0.5, 0.6) is 0 Å². The molecule has 1 aromatic rings. The number of amides is 1. The van der Waals surface area contributed by atoms with Crippen LogP contribution in [0.2, 0.25) is 0 Å². The van der Waals surface area contributed by atoms with E-state index in [1.807, 2.05) is 19.0 Å². The van der Waals surface area contributed by atoms with E-state index in [0.717, 1.165) is 12.8 Å². The summed E-state index contributed by atoms with van der Waals surface area (Å²) < 4.78 is 0. The molecule has 120 valence electrons. The van der Waals surface area contributed by atoms with Gasteiger partial charge in [-0.1, -0.05) is 0 Å². The molecule has 0 radical (unpaired) electrons. The number of pyridine rings is 1. The first-order chi connectivity index (χ1) is 10.4. The molecule has 0 saturated carbocycles. The van der Waals surface area contributed by atoms with E-state index < -0.39 is 5.97 Å². The summed E-state index contributed by atoms with van der Waals surface area (Å²) in [6.45, 7) is 3.01. The van der Waals surface area contributed by atoms with Crippen LogP contribution in [0.15, 0.2) is 12.1 Å². The maximum Gasteiger partial charge on any atom is 0.335 e. The van der Waals surface area contributed by atoms with Gasteiger partial charge >= 0.3 is 5.97 Å². The first kappa shape index (κ1) is 16.1. The number of hydrogen-bond donors (Lipinski definition) is 2. The molecule has 1 fully saturated rings. The Balaban J connectivity index is 2.09. The van der Waals surface area contributed by atoms with Gasteiger partial charge in [-0.25, -0.2) is 9.78 Å². The highest BCUT2D eigenvalue weighted by molar-refractivity contribution is 5.89. The average Bonchev–Trinajstić information content (AvgIpc) is 2.47. The molecule has 0 aliphatic carbocycles. The fraction of sp³-hybridized carbons (Fsp3) is 0.533. The number of carbonyl (C=O) groups is 2. The van der Waals surface area contributed by atoms with Crippen LogP contribution < -0.4 is 10.2 Å². The molecule has 1 aliphatic rings. The number of carboxylic acid groups (broad SMARTS) is 1. The molecule has 1 saturated heterocycles. The Morgan fingerprint density at radius 2 is 1.95 bits per heavy atom. The fourth-order valence-corrected chi connectivity index (χ4v) is 2.49. The molecular weight excluding hydrogens is 284 g/mol. The lowest BCUT2D eigenvalue weighted by molar-refractivity contribution is -0.129. The molecular formula is C15H22N4O3. The summed E-state index contributed by atoms with van der Waals surface area (Å²) in [4.78, 5) is 30.6. The van der Waals surface area contributed by atoms with Crippen LogP contribution in [0, 0.1) is 0 Å². The van der Waals surface area contributed by atoms with Crippen molar-refractivity contribution in [3.05, 3.63) is 17.7 Å². The van der Waals surface area contributed by atoms with Gasteiger partial charge < -0.3 is 20.2 Å². The van der Waals surface area contributed by atoms with Crippen LogP contribution in [-0.4, -0.2) is 60.1 Å². The lowest BCUT2D eigenvalue weighted by Gasteiger charge is -2.32. The van der Waals surface area contributed by atoms with Crippen LogP contribution in [-0.2, 0) is 4.79 Å². The quantitative estimate of drug-likeness (QED) is 0.871. The number of likely N-dealkylation sites (tertiary alicyclic amines) is 1. The van der Waals surface area contributed by atoms with Gasteiger partial charge in [0.2, 0.25) is 5.91 Å². The van der Waals surface area contributed by atoms with Gasteiger partial charge in [0.25, 0.3) is 0 Å². The summed E-state index contributed by atoms with van der Waals surface area (Å²) in [6.07, 6.45) is 1.66. The van der Waals surface area contributed by atoms with E-state index in [1.165, 1.54) is 0 Å². The minimum absolute atomic E-state index is 0.0966. The topological polar surface area (TPSA) is 85.8 Å². The minimum atomic E-state index is -0.972. The Morgan fingerprint density at radius 1 is 1.32 bits per heavy atom. The first-order valence-electron chi connectivity index (χ1n) is 7.31. The normalized spacial score (nSPS) is 15.5. The predicted octanol–water partition coefficient (Wildman–Crippen LogP) is 1.27. The average molecular weight is 306 g/mol. The van der Waals surface area contributed by atoms with Crippen LogP contribution in [0.1, 0.15) is 30.1 Å². The fourth-order valence-electron chi connectivity index (χ4n) is 2.49. The number of piperidine rings is 1. The van der Waals surface area contributed by atoms with Gasteiger partial charge in [0, 0.05) is 40.2 Å². The zero-order chi connectivity index (χ0) is 16.3. The Morgan fingerprint density at radius 3 is 2.45 bits per heavy atom. The van der Waals surface area contributed by atoms with Crippen molar-refractivity contribution in [1.82, 2.24) is 9.88 Å². The second-order valence-electron chi connectivity index (χ2n) is 5.72. The number of hydrogen-bond acceptors (Lipinski definition) is 5. The van der Waals surface area contributed by atoms with Crippen molar-refractivity contribution in [2.45, 2.75) is 25.8 Å². The van der Waals surface area contributed by atoms with Gasteiger partial charge in [-0.3, -0.25) is 4.79 Å². The second-order valence-corrected chi connectivity index (χ2v) is 5.72. The van der Waals surface area contributed by atoms with Crippen molar-refractivity contribution >= 4 is 23.5 Å². The van der Waals surface area contributed by atoms with E-state index in [2.05, 4.69) is 10.3 Å². The highest BCUT2D eigenvalue weighted by Gasteiger charge is 2.21. The van der Waals surface area contributed by atoms with E-state index in [-0.39, 0.29) is 17.5 Å². The monoisotopic (exact) mass is 306 g/mol. The number of carbonyl (C=O) groups excluding carboxylic acids is 1. The van der Waals surface area contributed by atoms with Crippen LogP contribution >= 0.6 is 0 Å². The molecule has 0 spiro atoms. The molecule has 22 heavy (non-hydrogen) atoms. The number of anilines is 2. The molecule has 2 rings (SSSR count). The third kappa shape index (κ3) is 3.87. The Kier molecular flexibility index (Phi) is 4.85. The molecule has 7 heteroatoms. The summed E-state index contributed by atoms with van der Waals surface area (Å²) in [7, 11) is 3.65. The molecule has 0 unspecified atom stereocenters. The molecule has 1 aromatic heterocycles. The third-order valence-electron chi connectivity index (χ3n) is 3.81. The second kappa shape index (κ2) is 6.64. The Bertz CT molecular complexity index is 566.